The SMILES string of the molecule is Cc1c(C(=O)NCCn2ccnc2)cnn1CCCN. The minimum absolute atomic E-state index is 0.0957. The molecule has 2 aromatic heterocycles. The highest BCUT2D eigenvalue weighted by atomic mass is 16.1. The first-order valence-electron chi connectivity index (χ1n) is 6.68. The molecule has 1 amide bonds. The maximum atomic E-state index is 12.1. The van der Waals surface area contributed by atoms with Gasteiger partial charge in [0.25, 0.3) is 5.91 Å². The first kappa shape index (κ1) is 14.3. The van der Waals surface area contributed by atoms with Crippen molar-refractivity contribution < 1.29 is 4.79 Å². The molecule has 0 bridgehead atoms. The highest BCUT2D eigenvalue weighted by Gasteiger charge is 2.13. The summed E-state index contributed by atoms with van der Waals surface area (Å²) in [6.07, 6.45) is 7.76. The van der Waals surface area contributed by atoms with Gasteiger partial charge < -0.3 is 15.6 Å². The van der Waals surface area contributed by atoms with E-state index in [1.54, 1.807) is 18.7 Å². The van der Waals surface area contributed by atoms with Gasteiger partial charge in [-0.15, -0.1) is 0 Å². The average Bonchev–Trinajstić information content (AvgIpc) is 3.06. The fraction of sp³-hybridized carbons (Fsp3) is 0.462. The van der Waals surface area contributed by atoms with Crippen molar-refractivity contribution in [3.05, 3.63) is 36.2 Å². The molecule has 0 aliphatic carbocycles. The van der Waals surface area contributed by atoms with Gasteiger partial charge in [-0.3, -0.25) is 9.48 Å². The summed E-state index contributed by atoms with van der Waals surface area (Å²) in [5.41, 5.74) is 6.97. The van der Waals surface area contributed by atoms with Crippen LogP contribution in [0.15, 0.2) is 24.9 Å². The van der Waals surface area contributed by atoms with Crippen LogP contribution in [0.5, 0.6) is 0 Å². The van der Waals surface area contributed by atoms with Crippen LogP contribution >= 0.6 is 0 Å². The molecule has 0 aliphatic heterocycles. The largest absolute Gasteiger partial charge is 0.350 e. The summed E-state index contributed by atoms with van der Waals surface area (Å²) in [4.78, 5) is 16.0. The zero-order valence-electron chi connectivity index (χ0n) is 11.6. The van der Waals surface area contributed by atoms with Crippen LogP contribution in [0.4, 0.5) is 0 Å². The molecule has 0 spiro atoms. The third-order valence-electron chi connectivity index (χ3n) is 3.14. The van der Waals surface area contributed by atoms with E-state index in [0.717, 1.165) is 18.7 Å². The maximum absolute atomic E-state index is 12.1. The van der Waals surface area contributed by atoms with Gasteiger partial charge in [0.1, 0.15) is 0 Å². The molecule has 7 heteroatoms. The van der Waals surface area contributed by atoms with Gasteiger partial charge in [0.2, 0.25) is 0 Å². The van der Waals surface area contributed by atoms with E-state index in [-0.39, 0.29) is 5.91 Å². The zero-order chi connectivity index (χ0) is 14.4. The Kier molecular flexibility index (Phi) is 4.89. The Morgan fingerprint density at radius 3 is 3.00 bits per heavy atom. The topological polar surface area (TPSA) is 90.8 Å². The number of hydrogen-bond acceptors (Lipinski definition) is 4. The summed E-state index contributed by atoms with van der Waals surface area (Å²) < 4.78 is 3.73. The second-order valence-corrected chi connectivity index (χ2v) is 4.57. The van der Waals surface area contributed by atoms with Crippen LogP contribution < -0.4 is 11.1 Å². The number of nitrogens with two attached hydrogens (primary N) is 1. The van der Waals surface area contributed by atoms with E-state index in [0.29, 0.717) is 25.2 Å². The average molecular weight is 276 g/mol. The first-order chi connectivity index (χ1) is 9.72. The lowest BCUT2D eigenvalue weighted by atomic mass is 10.2. The van der Waals surface area contributed by atoms with Crippen molar-refractivity contribution in [3.8, 4) is 0 Å². The summed E-state index contributed by atoms with van der Waals surface area (Å²) in [6.45, 7) is 4.51. The molecule has 0 radical (unpaired) electrons. The van der Waals surface area contributed by atoms with Crippen molar-refractivity contribution in [3.63, 3.8) is 0 Å². The second kappa shape index (κ2) is 6.85. The van der Waals surface area contributed by atoms with Crippen molar-refractivity contribution in [2.24, 2.45) is 5.73 Å². The minimum Gasteiger partial charge on any atom is -0.350 e. The van der Waals surface area contributed by atoms with Gasteiger partial charge in [-0.1, -0.05) is 0 Å². The van der Waals surface area contributed by atoms with Crippen LogP contribution in [-0.4, -0.2) is 38.3 Å². The molecule has 0 unspecified atom stereocenters. The van der Waals surface area contributed by atoms with E-state index in [2.05, 4.69) is 15.4 Å². The molecule has 2 heterocycles. The molecule has 3 N–H and O–H groups in total. The number of carbonyl (C=O) groups is 1. The normalized spacial score (nSPS) is 10.7. The summed E-state index contributed by atoms with van der Waals surface area (Å²) in [6, 6.07) is 0. The van der Waals surface area contributed by atoms with Crippen LogP contribution in [-0.2, 0) is 13.1 Å². The molecule has 2 rings (SSSR count). The van der Waals surface area contributed by atoms with Gasteiger partial charge in [0.05, 0.1) is 18.1 Å². The Labute approximate surface area is 117 Å². The fourth-order valence-electron chi connectivity index (χ4n) is 1.95. The summed E-state index contributed by atoms with van der Waals surface area (Å²) in [5.74, 6) is -0.0957. The zero-order valence-corrected chi connectivity index (χ0v) is 11.6. The van der Waals surface area contributed by atoms with Crippen LogP contribution in [0.1, 0.15) is 22.5 Å². The quantitative estimate of drug-likeness (QED) is 0.754. The molecule has 0 aromatic carbocycles. The standard InChI is InChI=1S/C13H20N6O/c1-11-12(9-17-19(11)6-2-3-14)13(20)16-5-8-18-7-4-15-10-18/h4,7,9-10H,2-3,5-6,8,14H2,1H3,(H,16,20). The van der Waals surface area contributed by atoms with Crippen molar-refractivity contribution in [2.75, 3.05) is 13.1 Å². The van der Waals surface area contributed by atoms with Gasteiger partial charge in [-0.2, -0.15) is 5.10 Å². The minimum atomic E-state index is -0.0957. The predicted octanol–water partition coefficient (Wildman–Crippen LogP) is 0.167. The molecular weight excluding hydrogens is 256 g/mol. The van der Waals surface area contributed by atoms with Crippen LogP contribution in [0, 0.1) is 6.92 Å². The monoisotopic (exact) mass is 276 g/mol. The summed E-state index contributed by atoms with van der Waals surface area (Å²) in [5, 5.41) is 7.10. The van der Waals surface area contributed by atoms with Crippen molar-refractivity contribution in [1.29, 1.82) is 0 Å². The van der Waals surface area contributed by atoms with Crippen molar-refractivity contribution in [1.82, 2.24) is 24.6 Å². The third-order valence-corrected chi connectivity index (χ3v) is 3.14. The molecule has 108 valence electrons. The number of nitrogens with zero attached hydrogens (tertiary/aromatic N) is 4. The Hall–Kier alpha value is -2.15. The van der Waals surface area contributed by atoms with E-state index >= 15 is 0 Å². The first-order valence-corrected chi connectivity index (χ1v) is 6.68. The van der Waals surface area contributed by atoms with E-state index < -0.39 is 0 Å². The smallest absolute Gasteiger partial charge is 0.254 e. The molecule has 0 fully saturated rings. The van der Waals surface area contributed by atoms with Crippen molar-refractivity contribution >= 4 is 5.91 Å². The van der Waals surface area contributed by atoms with Crippen molar-refractivity contribution in [2.45, 2.75) is 26.4 Å². The van der Waals surface area contributed by atoms with Gasteiger partial charge >= 0.3 is 0 Å². The van der Waals surface area contributed by atoms with Crippen LogP contribution in [0.2, 0.25) is 0 Å². The van der Waals surface area contributed by atoms with Gasteiger partial charge in [0.15, 0.2) is 0 Å². The van der Waals surface area contributed by atoms with Gasteiger partial charge in [0, 0.05) is 37.7 Å². The molecule has 0 atom stereocenters. The highest BCUT2D eigenvalue weighted by molar-refractivity contribution is 5.94. The number of aryl methyl sites for hydroxylation is 1. The predicted molar refractivity (Wildman–Crippen MR) is 75.2 cm³/mol. The molecular formula is C13H20N6O. The molecule has 0 aliphatic rings. The number of carbonyl (C=O) groups excluding carboxylic acids is 1. The number of aromatic nitrogens is 4. The Morgan fingerprint density at radius 1 is 1.45 bits per heavy atom. The molecule has 20 heavy (non-hydrogen) atoms. The van der Waals surface area contributed by atoms with E-state index in [1.807, 2.05) is 22.4 Å². The fourth-order valence-corrected chi connectivity index (χ4v) is 1.95. The lowest BCUT2D eigenvalue weighted by Crippen LogP contribution is -2.27. The van der Waals surface area contributed by atoms with E-state index in [4.69, 9.17) is 5.73 Å². The number of hydrogen-bond donors (Lipinski definition) is 2. The van der Waals surface area contributed by atoms with Crippen LogP contribution in [0.25, 0.3) is 0 Å². The lowest BCUT2D eigenvalue weighted by Gasteiger charge is -2.06. The number of amides is 1. The maximum Gasteiger partial charge on any atom is 0.254 e. The summed E-state index contributed by atoms with van der Waals surface area (Å²) in [7, 11) is 0. The lowest BCUT2D eigenvalue weighted by molar-refractivity contribution is 0.0951. The molecule has 0 saturated heterocycles. The summed E-state index contributed by atoms with van der Waals surface area (Å²) >= 11 is 0. The number of imidazole rings is 1. The number of nitrogens with one attached hydrogen (secondary N) is 1. The van der Waals surface area contributed by atoms with Crippen LogP contribution in [0.3, 0.4) is 0 Å². The molecule has 2 aromatic rings. The van der Waals surface area contributed by atoms with E-state index in [1.165, 1.54) is 0 Å². The Balaban J connectivity index is 1.87. The molecule has 7 nitrogen and oxygen atoms in total. The highest BCUT2D eigenvalue weighted by Crippen LogP contribution is 2.07. The second-order valence-electron chi connectivity index (χ2n) is 4.57. The number of rotatable bonds is 7. The molecule has 0 saturated carbocycles. The van der Waals surface area contributed by atoms with Gasteiger partial charge in [-0.25, -0.2) is 4.98 Å². The Morgan fingerprint density at radius 2 is 2.30 bits per heavy atom. The third kappa shape index (κ3) is 3.45. The van der Waals surface area contributed by atoms with E-state index in [9.17, 15) is 4.79 Å². The Bertz CT molecular complexity index is 545. The van der Waals surface area contributed by atoms with Gasteiger partial charge in [-0.05, 0) is 19.9 Å².